The van der Waals surface area contributed by atoms with E-state index in [1.54, 1.807) is 0 Å². The zero-order valence-corrected chi connectivity index (χ0v) is 23.0. The fraction of sp³-hybridized carbons (Fsp3) is 0.773. The van der Waals surface area contributed by atoms with Crippen molar-refractivity contribution in [3.05, 3.63) is 18.0 Å². The number of alkyl carbamates (subject to hydrolysis) is 1. The van der Waals surface area contributed by atoms with Crippen LogP contribution in [0.4, 0.5) is 4.79 Å². The number of aliphatic imine (C=N–C) groups is 1. The van der Waals surface area contributed by atoms with Gasteiger partial charge in [-0.2, -0.15) is 5.10 Å². The molecule has 0 aromatic carbocycles. The molecule has 0 bridgehead atoms. The van der Waals surface area contributed by atoms with Crippen LogP contribution in [-0.4, -0.2) is 71.6 Å². The number of halogens is 1. The van der Waals surface area contributed by atoms with E-state index in [2.05, 4.69) is 47.0 Å². The Balaban J connectivity index is 0.00000512. The van der Waals surface area contributed by atoms with Crippen molar-refractivity contribution in [1.82, 2.24) is 30.6 Å². The quantitative estimate of drug-likeness (QED) is 0.268. The number of ether oxygens (including phenoxy) is 1. The molecular weight excluding hydrogens is 521 g/mol. The monoisotopic (exact) mass is 563 g/mol. The molecule has 2 rings (SSSR count). The number of amides is 1. The molecule has 0 aliphatic heterocycles. The maximum Gasteiger partial charge on any atom is 0.407 e. The Labute approximate surface area is 210 Å². The van der Waals surface area contributed by atoms with Gasteiger partial charge in [-0.3, -0.25) is 9.67 Å². The zero-order valence-electron chi connectivity index (χ0n) is 20.6. The molecule has 1 atom stereocenters. The normalized spacial score (nSPS) is 20.3. The van der Waals surface area contributed by atoms with Crippen LogP contribution in [0.5, 0.6) is 0 Å². The number of nitrogens with zero attached hydrogens (tertiary/aromatic N) is 4. The lowest BCUT2D eigenvalue weighted by molar-refractivity contribution is 0.0490. The van der Waals surface area contributed by atoms with Gasteiger partial charge in [-0.1, -0.05) is 0 Å². The minimum absolute atomic E-state index is 0. The third-order valence-corrected chi connectivity index (χ3v) is 5.29. The van der Waals surface area contributed by atoms with E-state index in [0.717, 1.165) is 43.8 Å². The summed E-state index contributed by atoms with van der Waals surface area (Å²) >= 11 is 0. The van der Waals surface area contributed by atoms with E-state index in [1.165, 1.54) is 0 Å². The molecule has 1 heterocycles. The highest BCUT2D eigenvalue weighted by molar-refractivity contribution is 14.0. The second-order valence-corrected chi connectivity index (χ2v) is 9.49. The highest BCUT2D eigenvalue weighted by Gasteiger charge is 2.25. The van der Waals surface area contributed by atoms with E-state index in [1.807, 2.05) is 44.9 Å². The molecule has 1 unspecified atom stereocenters. The molecule has 10 heteroatoms. The van der Waals surface area contributed by atoms with Crippen LogP contribution >= 0.6 is 24.0 Å². The number of hydrogen-bond acceptors (Lipinski definition) is 5. The zero-order chi connectivity index (χ0) is 23.0. The lowest BCUT2D eigenvalue weighted by Crippen LogP contribution is -2.48. The summed E-state index contributed by atoms with van der Waals surface area (Å²) < 4.78 is 7.19. The molecule has 0 spiro atoms. The number of guanidine groups is 1. The van der Waals surface area contributed by atoms with E-state index in [-0.39, 0.29) is 42.2 Å². The number of carbonyl (C=O) groups is 1. The Kier molecular flexibility index (Phi) is 11.8. The highest BCUT2D eigenvalue weighted by atomic mass is 127. The molecule has 1 aliphatic carbocycles. The number of carbonyl (C=O) groups excluding carboxylic acids is 1. The van der Waals surface area contributed by atoms with E-state index in [0.29, 0.717) is 12.6 Å². The first kappa shape index (κ1) is 28.5. The second-order valence-electron chi connectivity index (χ2n) is 9.49. The highest BCUT2D eigenvalue weighted by Crippen LogP contribution is 2.20. The van der Waals surface area contributed by atoms with Gasteiger partial charge in [0, 0.05) is 37.4 Å². The maximum atomic E-state index is 12.0. The topological polar surface area (TPSA) is 95.8 Å². The molecule has 1 aliphatic rings. The smallest absolute Gasteiger partial charge is 0.407 e. The fourth-order valence-electron chi connectivity index (χ4n) is 3.73. The minimum Gasteiger partial charge on any atom is -0.444 e. The number of nitrogens with one attached hydrogen (secondary N) is 3. The van der Waals surface area contributed by atoms with Crippen LogP contribution in [0.2, 0.25) is 0 Å². The third kappa shape index (κ3) is 9.93. The minimum atomic E-state index is -0.472. The number of aryl methyl sites for hydroxylation is 1. The van der Waals surface area contributed by atoms with Gasteiger partial charge in [0.2, 0.25) is 0 Å². The molecule has 0 saturated heterocycles. The van der Waals surface area contributed by atoms with Crippen LogP contribution in [0.1, 0.15) is 65.0 Å². The fourth-order valence-corrected chi connectivity index (χ4v) is 3.73. The van der Waals surface area contributed by atoms with Crippen LogP contribution in [0.15, 0.2) is 17.4 Å². The van der Waals surface area contributed by atoms with Gasteiger partial charge < -0.3 is 25.6 Å². The van der Waals surface area contributed by atoms with Gasteiger partial charge in [0.05, 0.1) is 18.8 Å². The van der Waals surface area contributed by atoms with Crippen LogP contribution < -0.4 is 16.0 Å². The van der Waals surface area contributed by atoms with Crippen molar-refractivity contribution in [3.63, 3.8) is 0 Å². The van der Waals surface area contributed by atoms with Gasteiger partial charge in [-0.15, -0.1) is 24.0 Å². The van der Waals surface area contributed by atoms with E-state index in [9.17, 15) is 4.79 Å². The Morgan fingerprint density at radius 1 is 1.25 bits per heavy atom. The maximum absolute atomic E-state index is 12.0. The molecule has 0 radical (unpaired) electrons. The van der Waals surface area contributed by atoms with Gasteiger partial charge in [0.25, 0.3) is 0 Å². The number of aromatic nitrogens is 2. The summed E-state index contributed by atoms with van der Waals surface area (Å²) in [5, 5.41) is 14.2. The first-order valence-electron chi connectivity index (χ1n) is 11.3. The third-order valence-electron chi connectivity index (χ3n) is 5.29. The summed E-state index contributed by atoms with van der Waals surface area (Å²) in [4.78, 5) is 19.0. The molecular formula is C22H42IN7O2. The van der Waals surface area contributed by atoms with Crippen molar-refractivity contribution in [2.45, 2.75) is 77.1 Å². The average molecular weight is 564 g/mol. The molecule has 184 valence electrons. The van der Waals surface area contributed by atoms with Crippen molar-refractivity contribution < 1.29 is 9.53 Å². The van der Waals surface area contributed by atoms with Crippen molar-refractivity contribution in [2.75, 3.05) is 27.2 Å². The molecule has 1 fully saturated rings. The molecule has 3 N–H and O–H groups in total. The van der Waals surface area contributed by atoms with Gasteiger partial charge in [0.15, 0.2) is 5.96 Å². The van der Waals surface area contributed by atoms with Crippen LogP contribution in [0.3, 0.4) is 0 Å². The van der Waals surface area contributed by atoms with Crippen LogP contribution in [0.25, 0.3) is 0 Å². The Bertz CT molecular complexity index is 722. The van der Waals surface area contributed by atoms with E-state index < -0.39 is 5.60 Å². The van der Waals surface area contributed by atoms with E-state index >= 15 is 0 Å². The lowest BCUT2D eigenvalue weighted by Gasteiger charge is -2.31. The SMILES string of the molecule is CCNC(=NCC(c1cnn(C)c1)N(C)C)NC1CCC(NC(=O)OC(C)(C)C)CC1.I. The molecule has 1 amide bonds. The second kappa shape index (κ2) is 13.2. The lowest BCUT2D eigenvalue weighted by atomic mass is 9.91. The van der Waals surface area contributed by atoms with Crippen molar-refractivity contribution in [1.29, 1.82) is 0 Å². The molecule has 1 saturated carbocycles. The largest absolute Gasteiger partial charge is 0.444 e. The Morgan fingerprint density at radius 3 is 2.31 bits per heavy atom. The van der Waals surface area contributed by atoms with Crippen molar-refractivity contribution in [3.8, 4) is 0 Å². The van der Waals surface area contributed by atoms with Crippen molar-refractivity contribution >= 4 is 36.0 Å². The first-order valence-corrected chi connectivity index (χ1v) is 11.3. The standard InChI is InChI=1S/C22H41N7O2.HI/c1-8-23-20(24-14-19(28(5)6)16-13-25-29(7)15-16)26-17-9-11-18(12-10-17)27-21(30)31-22(2,3)4;/h13,15,17-19H,8-12,14H2,1-7H3,(H,27,30)(H2,23,24,26);1H. The van der Waals surface area contributed by atoms with Gasteiger partial charge in [-0.05, 0) is 67.5 Å². The summed E-state index contributed by atoms with van der Waals surface area (Å²) in [6, 6.07) is 0.666. The predicted molar refractivity (Wildman–Crippen MR) is 140 cm³/mol. The van der Waals surface area contributed by atoms with E-state index in [4.69, 9.17) is 9.73 Å². The first-order chi connectivity index (χ1) is 14.6. The Morgan fingerprint density at radius 2 is 1.84 bits per heavy atom. The summed E-state index contributed by atoms with van der Waals surface area (Å²) in [5.74, 6) is 0.835. The van der Waals surface area contributed by atoms with Crippen LogP contribution in [0, 0.1) is 0 Å². The number of likely N-dealkylation sites (N-methyl/N-ethyl adjacent to an activating group) is 1. The van der Waals surface area contributed by atoms with Gasteiger partial charge in [-0.25, -0.2) is 4.79 Å². The summed E-state index contributed by atoms with van der Waals surface area (Å²) in [7, 11) is 6.05. The van der Waals surface area contributed by atoms with Gasteiger partial charge in [0.1, 0.15) is 5.60 Å². The summed E-state index contributed by atoms with van der Waals surface area (Å²) in [6.07, 6.45) is 7.41. The average Bonchev–Trinajstić information content (AvgIpc) is 3.07. The predicted octanol–water partition coefficient (Wildman–Crippen LogP) is 3.03. The van der Waals surface area contributed by atoms with Crippen molar-refractivity contribution in [2.24, 2.45) is 12.0 Å². The molecule has 9 nitrogen and oxygen atoms in total. The van der Waals surface area contributed by atoms with Crippen LogP contribution in [-0.2, 0) is 11.8 Å². The molecule has 1 aromatic heterocycles. The Hall–Kier alpha value is -1.56. The summed E-state index contributed by atoms with van der Waals surface area (Å²) in [6.45, 7) is 9.16. The molecule has 1 aromatic rings. The summed E-state index contributed by atoms with van der Waals surface area (Å²) in [5.41, 5.74) is 0.682. The number of hydrogen-bond donors (Lipinski definition) is 3. The number of rotatable bonds is 7. The van der Waals surface area contributed by atoms with Gasteiger partial charge >= 0.3 is 6.09 Å². The molecule has 32 heavy (non-hydrogen) atoms.